The summed E-state index contributed by atoms with van der Waals surface area (Å²) in [5.74, 6) is -1.43. The van der Waals surface area contributed by atoms with Crippen LogP contribution in [0.15, 0.2) is 42.9 Å². The molecule has 4 aromatic rings. The molecule has 3 aromatic heterocycles. The van der Waals surface area contributed by atoms with E-state index in [0.717, 1.165) is 17.7 Å². The molecular formula is C22H17F4N5O3. The standard InChI is InChI=1S/C22H17F4N5O3/c1-32-20-16(10-28-21(29-20)33-2)18-9-15(19-27-5-6-31(19)30-18)14-8-13(14)12-4-3-11(7-17(12)23)34-22(24,25)26/h3-7,9-10,13-14H,8H2,1-2H3/t13-,14?/m1/s1. The minimum atomic E-state index is -4.89. The number of rotatable bonds is 6. The van der Waals surface area contributed by atoms with E-state index in [1.807, 2.05) is 6.07 Å². The number of nitrogens with zero attached hydrogens (tertiary/aromatic N) is 5. The molecule has 0 bridgehead atoms. The van der Waals surface area contributed by atoms with E-state index in [2.05, 4.69) is 24.8 Å². The molecule has 0 spiro atoms. The van der Waals surface area contributed by atoms with E-state index in [1.54, 1.807) is 16.9 Å². The Balaban J connectivity index is 1.50. The van der Waals surface area contributed by atoms with Crippen molar-refractivity contribution < 1.29 is 31.8 Å². The Labute approximate surface area is 190 Å². The molecule has 3 heterocycles. The predicted octanol–water partition coefficient (Wildman–Crippen LogP) is 4.51. The Morgan fingerprint density at radius 1 is 1.03 bits per heavy atom. The lowest BCUT2D eigenvalue weighted by Crippen LogP contribution is -2.17. The molecule has 1 unspecified atom stereocenters. The molecule has 5 rings (SSSR count). The quantitative estimate of drug-likeness (QED) is 0.380. The number of methoxy groups -OCH3 is 2. The molecule has 0 radical (unpaired) electrons. The molecule has 176 valence electrons. The zero-order chi connectivity index (χ0) is 24.0. The van der Waals surface area contributed by atoms with Gasteiger partial charge in [-0.15, -0.1) is 13.2 Å². The first-order chi connectivity index (χ1) is 16.3. The van der Waals surface area contributed by atoms with Crippen LogP contribution in [0.25, 0.3) is 16.9 Å². The van der Waals surface area contributed by atoms with Gasteiger partial charge in [-0.2, -0.15) is 10.1 Å². The zero-order valence-corrected chi connectivity index (χ0v) is 17.9. The Hall–Kier alpha value is -3.96. The van der Waals surface area contributed by atoms with Crippen LogP contribution in [0.4, 0.5) is 17.6 Å². The Kier molecular flexibility index (Phi) is 5.22. The van der Waals surface area contributed by atoms with Crippen molar-refractivity contribution in [3.63, 3.8) is 0 Å². The average molecular weight is 475 g/mol. The van der Waals surface area contributed by atoms with Gasteiger partial charge in [-0.3, -0.25) is 0 Å². The number of hydrogen-bond donors (Lipinski definition) is 0. The summed E-state index contributed by atoms with van der Waals surface area (Å²) in [6.07, 6.45) is 0.517. The summed E-state index contributed by atoms with van der Waals surface area (Å²) in [6.45, 7) is 0. The second kappa shape index (κ2) is 8.12. The van der Waals surface area contributed by atoms with E-state index in [9.17, 15) is 17.6 Å². The molecule has 1 aliphatic carbocycles. The van der Waals surface area contributed by atoms with Gasteiger partial charge in [0.05, 0.1) is 25.5 Å². The first kappa shape index (κ1) is 21.9. The number of ether oxygens (including phenoxy) is 3. The van der Waals surface area contributed by atoms with Crippen molar-refractivity contribution in [2.45, 2.75) is 24.6 Å². The molecule has 1 aliphatic rings. The first-order valence-electron chi connectivity index (χ1n) is 10.1. The molecule has 34 heavy (non-hydrogen) atoms. The van der Waals surface area contributed by atoms with Crippen LogP contribution in [0.2, 0.25) is 0 Å². The van der Waals surface area contributed by atoms with Crippen molar-refractivity contribution in [3.8, 4) is 28.9 Å². The number of alkyl halides is 3. The smallest absolute Gasteiger partial charge is 0.480 e. The summed E-state index contributed by atoms with van der Waals surface area (Å²) in [5, 5.41) is 4.56. The van der Waals surface area contributed by atoms with Gasteiger partial charge in [0.15, 0.2) is 5.65 Å². The Morgan fingerprint density at radius 3 is 2.53 bits per heavy atom. The first-order valence-corrected chi connectivity index (χ1v) is 10.1. The molecule has 2 atom stereocenters. The maximum atomic E-state index is 14.6. The van der Waals surface area contributed by atoms with E-state index in [-0.39, 0.29) is 23.7 Å². The highest BCUT2D eigenvalue weighted by Crippen LogP contribution is 2.56. The van der Waals surface area contributed by atoms with Crippen molar-refractivity contribution >= 4 is 5.65 Å². The van der Waals surface area contributed by atoms with E-state index < -0.39 is 17.9 Å². The molecule has 1 aromatic carbocycles. The number of halogens is 4. The second-order valence-corrected chi connectivity index (χ2v) is 7.64. The summed E-state index contributed by atoms with van der Waals surface area (Å²) in [6, 6.07) is 5.15. The van der Waals surface area contributed by atoms with Crippen LogP contribution < -0.4 is 14.2 Å². The predicted molar refractivity (Wildman–Crippen MR) is 110 cm³/mol. The lowest BCUT2D eigenvalue weighted by molar-refractivity contribution is -0.274. The van der Waals surface area contributed by atoms with Crippen molar-refractivity contribution in [2.24, 2.45) is 0 Å². The number of imidazole rings is 1. The normalized spacial score (nSPS) is 17.6. The van der Waals surface area contributed by atoms with E-state index in [0.29, 0.717) is 28.9 Å². The van der Waals surface area contributed by atoms with Gasteiger partial charge in [-0.05, 0) is 36.0 Å². The van der Waals surface area contributed by atoms with Crippen LogP contribution >= 0.6 is 0 Å². The molecule has 0 N–H and O–H groups in total. The van der Waals surface area contributed by atoms with Crippen LogP contribution in [0, 0.1) is 5.82 Å². The lowest BCUT2D eigenvalue weighted by atomic mass is 10.0. The van der Waals surface area contributed by atoms with Gasteiger partial charge in [0, 0.05) is 30.2 Å². The summed E-state index contributed by atoms with van der Waals surface area (Å²) >= 11 is 0. The van der Waals surface area contributed by atoms with Crippen molar-refractivity contribution in [1.29, 1.82) is 0 Å². The summed E-state index contributed by atoms with van der Waals surface area (Å²) < 4.78 is 67.8. The Bertz CT molecular complexity index is 1370. The highest BCUT2D eigenvalue weighted by Gasteiger charge is 2.43. The molecule has 12 heteroatoms. The summed E-state index contributed by atoms with van der Waals surface area (Å²) in [7, 11) is 2.91. The summed E-state index contributed by atoms with van der Waals surface area (Å²) in [4.78, 5) is 12.7. The number of hydrogen-bond acceptors (Lipinski definition) is 7. The molecule has 1 saturated carbocycles. The highest BCUT2D eigenvalue weighted by molar-refractivity contribution is 5.68. The minimum absolute atomic E-state index is 0.110. The lowest BCUT2D eigenvalue weighted by Gasteiger charge is -2.11. The third kappa shape index (κ3) is 4.06. The van der Waals surface area contributed by atoms with Crippen LogP contribution in [0.1, 0.15) is 29.4 Å². The Morgan fingerprint density at radius 2 is 1.82 bits per heavy atom. The van der Waals surface area contributed by atoms with Gasteiger partial charge in [-0.1, -0.05) is 6.07 Å². The van der Waals surface area contributed by atoms with Gasteiger partial charge in [0.1, 0.15) is 11.6 Å². The van der Waals surface area contributed by atoms with Gasteiger partial charge < -0.3 is 14.2 Å². The van der Waals surface area contributed by atoms with Crippen LogP contribution in [0.3, 0.4) is 0 Å². The van der Waals surface area contributed by atoms with Crippen LogP contribution in [-0.4, -0.2) is 45.1 Å². The SMILES string of the molecule is COc1ncc(-c2cc(C3C[C@@H]3c3ccc(OC(F)(F)F)cc3F)c3nccn3n2)c(OC)n1. The minimum Gasteiger partial charge on any atom is -0.480 e. The largest absolute Gasteiger partial charge is 0.573 e. The van der Waals surface area contributed by atoms with Crippen molar-refractivity contribution in [3.05, 3.63) is 59.8 Å². The molecule has 0 amide bonds. The van der Waals surface area contributed by atoms with Crippen molar-refractivity contribution in [2.75, 3.05) is 14.2 Å². The second-order valence-electron chi connectivity index (χ2n) is 7.64. The fourth-order valence-corrected chi connectivity index (χ4v) is 4.01. The number of fused-ring (bicyclic) bond motifs is 1. The van der Waals surface area contributed by atoms with Gasteiger partial charge in [-0.25, -0.2) is 18.9 Å². The fourth-order valence-electron chi connectivity index (χ4n) is 4.01. The van der Waals surface area contributed by atoms with E-state index >= 15 is 0 Å². The molecular weight excluding hydrogens is 458 g/mol. The molecule has 0 saturated heterocycles. The topological polar surface area (TPSA) is 83.7 Å². The monoisotopic (exact) mass is 475 g/mol. The third-order valence-corrected chi connectivity index (χ3v) is 5.57. The van der Waals surface area contributed by atoms with E-state index in [1.165, 1.54) is 26.5 Å². The van der Waals surface area contributed by atoms with Gasteiger partial charge in [0.25, 0.3) is 0 Å². The third-order valence-electron chi connectivity index (χ3n) is 5.57. The van der Waals surface area contributed by atoms with Crippen LogP contribution in [-0.2, 0) is 0 Å². The van der Waals surface area contributed by atoms with Crippen molar-refractivity contribution in [1.82, 2.24) is 24.6 Å². The number of aromatic nitrogens is 5. The molecule has 8 nitrogen and oxygen atoms in total. The maximum absolute atomic E-state index is 14.6. The average Bonchev–Trinajstić information content (AvgIpc) is 3.43. The summed E-state index contributed by atoms with van der Waals surface area (Å²) in [5.41, 5.74) is 2.76. The van der Waals surface area contributed by atoms with Crippen LogP contribution in [0.5, 0.6) is 17.6 Å². The highest BCUT2D eigenvalue weighted by atomic mass is 19.4. The molecule has 1 fully saturated rings. The van der Waals surface area contributed by atoms with E-state index in [4.69, 9.17) is 9.47 Å². The zero-order valence-electron chi connectivity index (χ0n) is 17.9. The molecule has 0 aliphatic heterocycles. The fraction of sp³-hybridized carbons (Fsp3) is 0.273. The van der Waals surface area contributed by atoms with Gasteiger partial charge in [0.2, 0.25) is 5.88 Å². The maximum Gasteiger partial charge on any atom is 0.573 e. The van der Waals surface area contributed by atoms with Gasteiger partial charge >= 0.3 is 12.4 Å². The number of benzene rings is 1.